The van der Waals surface area contributed by atoms with Crippen molar-refractivity contribution in [2.45, 2.75) is 111 Å². The molecule has 4 N–H and O–H groups in total. The maximum Gasteiger partial charge on any atom is 0.408 e. The molecule has 0 spiro atoms. The number of carbonyl (C=O) groups is 4. The number of para-hydroxylation sites is 1. The van der Waals surface area contributed by atoms with Crippen molar-refractivity contribution in [2.24, 2.45) is 5.73 Å². The monoisotopic (exact) mass is 594 g/mol. The van der Waals surface area contributed by atoms with Crippen LogP contribution in [0.3, 0.4) is 0 Å². The highest BCUT2D eigenvalue weighted by molar-refractivity contribution is 6.00. The minimum absolute atomic E-state index is 0.0291. The number of nitrogens with one attached hydrogen (secondary N) is 2. The molecule has 4 amide bonds. The Hall–Kier alpha value is -3.88. The predicted octanol–water partition coefficient (Wildman–Crippen LogP) is 6.25. The average molecular weight is 595 g/mol. The standard InChI is InChI=1S/C34H50N4O5/c1-8-9-10-11-14-22-38(32(41)27(20-21-28(35)39)37-33(42)43-34(5,6)7)30(29-24(3)17-15-18-25(29)4)31(40)36-26-19-13-12-16-23(26)2/h12-13,15-19,27,30H,8-11,14,20-22H2,1-7H3,(H2,35,39)(H,36,40)(H,37,42). The summed E-state index contributed by atoms with van der Waals surface area (Å²) in [5.74, 6) is -1.44. The highest BCUT2D eigenvalue weighted by Gasteiger charge is 2.37. The van der Waals surface area contributed by atoms with E-state index < -0.39 is 35.6 Å². The Bertz CT molecular complexity index is 1230. The van der Waals surface area contributed by atoms with Crippen molar-refractivity contribution in [3.8, 4) is 0 Å². The second-order valence-electron chi connectivity index (χ2n) is 12.2. The summed E-state index contributed by atoms with van der Waals surface area (Å²) in [5, 5.41) is 5.71. The molecule has 2 aromatic carbocycles. The Morgan fingerprint density at radius 3 is 2.07 bits per heavy atom. The number of unbranched alkanes of at least 4 members (excludes halogenated alkanes) is 4. The maximum atomic E-state index is 14.5. The van der Waals surface area contributed by atoms with E-state index in [1.54, 1.807) is 25.7 Å². The Balaban J connectivity index is 2.62. The van der Waals surface area contributed by atoms with Crippen molar-refractivity contribution >= 4 is 29.5 Å². The molecular weight excluding hydrogens is 544 g/mol. The lowest BCUT2D eigenvalue weighted by Gasteiger charge is -2.36. The maximum absolute atomic E-state index is 14.5. The van der Waals surface area contributed by atoms with Crippen LogP contribution in [0.25, 0.3) is 0 Å². The number of hydrogen-bond donors (Lipinski definition) is 3. The molecule has 236 valence electrons. The quantitative estimate of drug-likeness (QED) is 0.210. The number of nitrogens with zero attached hydrogens (tertiary/aromatic N) is 1. The van der Waals surface area contributed by atoms with Gasteiger partial charge in [0.1, 0.15) is 17.7 Å². The highest BCUT2D eigenvalue weighted by atomic mass is 16.6. The summed E-state index contributed by atoms with van der Waals surface area (Å²) < 4.78 is 5.44. The third kappa shape index (κ3) is 11.4. The average Bonchev–Trinajstić information content (AvgIpc) is 2.91. The van der Waals surface area contributed by atoms with Crippen LogP contribution < -0.4 is 16.4 Å². The van der Waals surface area contributed by atoms with Crippen LogP contribution in [0.5, 0.6) is 0 Å². The van der Waals surface area contributed by atoms with Crippen molar-refractivity contribution < 1.29 is 23.9 Å². The number of amides is 4. The molecule has 0 aromatic heterocycles. The molecule has 0 heterocycles. The van der Waals surface area contributed by atoms with Crippen molar-refractivity contribution in [2.75, 3.05) is 11.9 Å². The Morgan fingerprint density at radius 1 is 0.884 bits per heavy atom. The van der Waals surface area contributed by atoms with Crippen molar-refractivity contribution in [3.05, 3.63) is 64.7 Å². The van der Waals surface area contributed by atoms with Gasteiger partial charge in [0.2, 0.25) is 11.8 Å². The van der Waals surface area contributed by atoms with E-state index in [9.17, 15) is 19.2 Å². The Kier molecular flexibility index (Phi) is 13.7. The van der Waals surface area contributed by atoms with E-state index in [0.717, 1.165) is 47.9 Å². The Labute approximate surface area is 256 Å². The molecule has 9 heteroatoms. The number of carbonyl (C=O) groups excluding carboxylic acids is 4. The predicted molar refractivity (Wildman–Crippen MR) is 171 cm³/mol. The van der Waals surface area contributed by atoms with Crippen molar-refractivity contribution in [1.82, 2.24) is 10.2 Å². The normalized spacial score (nSPS) is 12.6. The first-order valence-corrected chi connectivity index (χ1v) is 15.3. The number of hydrogen-bond acceptors (Lipinski definition) is 5. The number of ether oxygens (including phenoxy) is 1. The molecule has 2 unspecified atom stereocenters. The van der Waals surface area contributed by atoms with E-state index in [1.165, 1.54) is 0 Å². The lowest BCUT2D eigenvalue weighted by molar-refractivity contribution is -0.141. The van der Waals surface area contributed by atoms with Crippen LogP contribution in [0.1, 0.15) is 101 Å². The SMILES string of the molecule is CCCCCCCN(C(=O)C(CCC(N)=O)NC(=O)OC(C)(C)C)C(C(=O)Nc1ccccc1C)c1c(C)cccc1C. The Morgan fingerprint density at radius 2 is 1.49 bits per heavy atom. The first-order valence-electron chi connectivity index (χ1n) is 15.3. The lowest BCUT2D eigenvalue weighted by Crippen LogP contribution is -2.53. The summed E-state index contributed by atoms with van der Waals surface area (Å²) in [6.07, 6.45) is 3.75. The molecule has 0 bridgehead atoms. The first kappa shape index (κ1) is 35.3. The smallest absolute Gasteiger partial charge is 0.408 e. The van der Waals surface area contributed by atoms with E-state index in [4.69, 9.17) is 10.5 Å². The summed E-state index contributed by atoms with van der Waals surface area (Å²) in [6, 6.07) is 11.1. The summed E-state index contributed by atoms with van der Waals surface area (Å²) in [5.41, 5.74) is 8.63. The molecule has 9 nitrogen and oxygen atoms in total. The molecular formula is C34H50N4O5. The second-order valence-corrected chi connectivity index (χ2v) is 12.2. The molecule has 43 heavy (non-hydrogen) atoms. The number of rotatable bonds is 15. The van der Waals surface area contributed by atoms with Gasteiger partial charge >= 0.3 is 6.09 Å². The van der Waals surface area contributed by atoms with Crippen LogP contribution in [0.2, 0.25) is 0 Å². The first-order chi connectivity index (χ1) is 20.2. The number of primary amides is 1. The third-order valence-electron chi connectivity index (χ3n) is 7.23. The van der Waals surface area contributed by atoms with E-state index in [0.29, 0.717) is 12.1 Å². The molecule has 2 rings (SSSR count). The van der Waals surface area contributed by atoms with Gasteiger partial charge in [-0.3, -0.25) is 14.4 Å². The number of anilines is 1. The molecule has 0 saturated heterocycles. The van der Waals surface area contributed by atoms with Gasteiger partial charge in [0, 0.05) is 18.7 Å². The number of alkyl carbamates (subject to hydrolysis) is 1. The van der Waals surface area contributed by atoms with Gasteiger partial charge < -0.3 is 26.0 Å². The van der Waals surface area contributed by atoms with Gasteiger partial charge in [-0.05, 0) is 82.7 Å². The minimum Gasteiger partial charge on any atom is -0.444 e. The van der Waals surface area contributed by atoms with Crippen LogP contribution in [0.4, 0.5) is 10.5 Å². The molecule has 0 radical (unpaired) electrons. The molecule has 2 aromatic rings. The van der Waals surface area contributed by atoms with Gasteiger partial charge in [-0.2, -0.15) is 0 Å². The van der Waals surface area contributed by atoms with Gasteiger partial charge in [-0.15, -0.1) is 0 Å². The fourth-order valence-corrected chi connectivity index (χ4v) is 5.05. The largest absolute Gasteiger partial charge is 0.444 e. The molecule has 0 aliphatic carbocycles. The van der Waals surface area contributed by atoms with Crippen LogP contribution in [-0.4, -0.2) is 46.9 Å². The lowest BCUT2D eigenvalue weighted by atomic mass is 9.93. The molecule has 0 saturated carbocycles. The zero-order chi connectivity index (χ0) is 32.2. The molecule has 0 fully saturated rings. The molecule has 2 atom stereocenters. The highest BCUT2D eigenvalue weighted by Crippen LogP contribution is 2.31. The van der Waals surface area contributed by atoms with Gasteiger partial charge in [0.05, 0.1) is 0 Å². The number of nitrogens with two attached hydrogens (primary N) is 1. The van der Waals surface area contributed by atoms with Crippen molar-refractivity contribution in [3.63, 3.8) is 0 Å². The molecule has 0 aliphatic rings. The van der Waals surface area contributed by atoms with Gasteiger partial charge in [-0.1, -0.05) is 69.0 Å². The van der Waals surface area contributed by atoms with E-state index in [2.05, 4.69) is 17.6 Å². The van der Waals surface area contributed by atoms with Crippen LogP contribution in [-0.2, 0) is 19.1 Å². The summed E-state index contributed by atoms with van der Waals surface area (Å²) in [7, 11) is 0. The number of aryl methyl sites for hydroxylation is 3. The van der Waals surface area contributed by atoms with Gasteiger partial charge in [0.15, 0.2) is 0 Å². The summed E-state index contributed by atoms with van der Waals surface area (Å²) in [6.45, 7) is 13.3. The topological polar surface area (TPSA) is 131 Å². The van der Waals surface area contributed by atoms with Gasteiger partial charge in [-0.25, -0.2) is 4.79 Å². The van der Waals surface area contributed by atoms with Gasteiger partial charge in [0.25, 0.3) is 5.91 Å². The summed E-state index contributed by atoms with van der Waals surface area (Å²) in [4.78, 5) is 54.9. The third-order valence-corrected chi connectivity index (χ3v) is 7.23. The fourth-order valence-electron chi connectivity index (χ4n) is 5.05. The number of benzene rings is 2. The van der Waals surface area contributed by atoms with Crippen LogP contribution in [0, 0.1) is 20.8 Å². The van der Waals surface area contributed by atoms with Crippen LogP contribution in [0.15, 0.2) is 42.5 Å². The van der Waals surface area contributed by atoms with Crippen LogP contribution >= 0.6 is 0 Å². The zero-order valence-corrected chi connectivity index (χ0v) is 26.9. The van der Waals surface area contributed by atoms with E-state index in [-0.39, 0.29) is 25.3 Å². The van der Waals surface area contributed by atoms with E-state index >= 15 is 0 Å². The van der Waals surface area contributed by atoms with Crippen molar-refractivity contribution in [1.29, 1.82) is 0 Å². The summed E-state index contributed by atoms with van der Waals surface area (Å²) >= 11 is 0. The molecule has 0 aliphatic heterocycles. The fraction of sp³-hybridized carbons (Fsp3) is 0.529. The van der Waals surface area contributed by atoms with E-state index in [1.807, 2.05) is 63.2 Å². The minimum atomic E-state index is -1.13. The second kappa shape index (κ2) is 16.7. The zero-order valence-electron chi connectivity index (χ0n) is 26.9.